The molecule has 38 heavy (non-hydrogen) atoms. The Morgan fingerprint density at radius 3 is 1.63 bits per heavy atom. The summed E-state index contributed by atoms with van der Waals surface area (Å²) < 4.78 is 5.44. The first-order valence-electron chi connectivity index (χ1n) is 15.3. The molecular formula is C32H58O5P+. The van der Waals surface area contributed by atoms with Crippen LogP contribution in [0.4, 0.5) is 0 Å². The molecule has 0 amide bonds. The number of unbranched alkanes of at least 4 members (excludes halogenated alkanes) is 15. The van der Waals surface area contributed by atoms with Crippen molar-refractivity contribution in [3.63, 3.8) is 0 Å². The van der Waals surface area contributed by atoms with Crippen LogP contribution < -0.4 is 5.30 Å². The summed E-state index contributed by atoms with van der Waals surface area (Å²) in [7, 11) is -4.13. The molecule has 1 aromatic rings. The first-order valence-corrected chi connectivity index (χ1v) is 17.0. The van der Waals surface area contributed by atoms with E-state index in [1.165, 1.54) is 89.9 Å². The molecule has 3 N–H and O–H groups in total. The van der Waals surface area contributed by atoms with Gasteiger partial charge in [-0.15, -0.1) is 0 Å². The Morgan fingerprint density at radius 1 is 0.763 bits per heavy atom. The van der Waals surface area contributed by atoms with Crippen molar-refractivity contribution in [2.45, 2.75) is 156 Å². The molecule has 0 saturated heterocycles. The molecule has 0 aliphatic rings. The zero-order valence-electron chi connectivity index (χ0n) is 25.2. The van der Waals surface area contributed by atoms with E-state index < -0.39 is 7.94 Å². The van der Waals surface area contributed by atoms with Gasteiger partial charge in [-0.2, -0.15) is 14.7 Å². The van der Waals surface area contributed by atoms with Crippen molar-refractivity contribution in [2.24, 2.45) is 0 Å². The minimum Gasteiger partial charge on any atom is -0.466 e. The molecule has 5 nitrogen and oxygen atoms in total. The van der Waals surface area contributed by atoms with Crippen LogP contribution in [0.15, 0.2) is 12.1 Å². The van der Waals surface area contributed by atoms with E-state index in [4.69, 9.17) is 4.74 Å². The van der Waals surface area contributed by atoms with Gasteiger partial charge in [-0.3, -0.25) is 4.79 Å². The summed E-state index contributed by atoms with van der Waals surface area (Å²) in [6.45, 7) is 10.4. The number of rotatable bonds is 21. The zero-order valence-corrected chi connectivity index (χ0v) is 26.1. The Labute approximate surface area is 234 Å². The number of ether oxygens (including phenoxy) is 1. The van der Waals surface area contributed by atoms with Gasteiger partial charge in [0.15, 0.2) is 5.30 Å². The standard InChI is InChI=1S/C32H58O5P/c1-6-7-8-9-10-11-12-13-14-15-16-17-18-19-20-21-24-37-30(33)23-22-28-25-27(2)31(38(34,35)36)29(26-28)32(3,4)5/h25-26,34-36H,6-24H2,1-5H3/q+1. The predicted molar refractivity (Wildman–Crippen MR) is 162 cm³/mol. The average Bonchev–Trinajstić information content (AvgIpc) is 2.83. The summed E-state index contributed by atoms with van der Waals surface area (Å²) in [5, 5.41) is 0.222. The van der Waals surface area contributed by atoms with Crippen molar-refractivity contribution >= 4 is 19.2 Å². The highest BCUT2D eigenvalue weighted by molar-refractivity contribution is 7.67. The van der Waals surface area contributed by atoms with Gasteiger partial charge in [0.2, 0.25) is 0 Å². The van der Waals surface area contributed by atoms with Gasteiger partial charge >= 0.3 is 13.9 Å². The SMILES string of the molecule is CCCCCCCCCCCCCCCCCCOC(=O)CCc1cc(C)c([P+](O)(O)O)c(C(C)(C)C)c1. The molecule has 0 heterocycles. The average molecular weight is 554 g/mol. The summed E-state index contributed by atoms with van der Waals surface area (Å²) in [5.74, 6) is -0.196. The van der Waals surface area contributed by atoms with E-state index >= 15 is 0 Å². The second-order valence-corrected chi connectivity index (χ2v) is 13.7. The normalized spacial score (nSPS) is 12.2. The van der Waals surface area contributed by atoms with E-state index in [0.717, 1.165) is 18.4 Å². The number of hydrogen-bond donors (Lipinski definition) is 3. The minimum atomic E-state index is -4.13. The fourth-order valence-electron chi connectivity index (χ4n) is 5.12. The first kappa shape index (κ1) is 35.0. The molecule has 0 unspecified atom stereocenters. The van der Waals surface area contributed by atoms with Crippen molar-refractivity contribution < 1.29 is 24.2 Å². The first-order chi connectivity index (χ1) is 18.0. The minimum absolute atomic E-state index is 0.196. The Balaban J connectivity index is 2.12. The molecular weight excluding hydrogens is 495 g/mol. The molecule has 0 fully saturated rings. The molecule has 0 bridgehead atoms. The summed E-state index contributed by atoms with van der Waals surface area (Å²) in [5.41, 5.74) is 1.90. The third-order valence-electron chi connectivity index (χ3n) is 7.35. The second-order valence-electron chi connectivity index (χ2n) is 12.2. The van der Waals surface area contributed by atoms with Gasteiger partial charge in [-0.25, -0.2) is 0 Å². The lowest BCUT2D eigenvalue weighted by molar-refractivity contribution is -0.143. The van der Waals surface area contributed by atoms with E-state index in [1.54, 1.807) is 6.92 Å². The van der Waals surface area contributed by atoms with E-state index in [0.29, 0.717) is 30.6 Å². The summed E-state index contributed by atoms with van der Waals surface area (Å²) in [4.78, 5) is 42.1. The fraction of sp³-hybridized carbons (Fsp3) is 0.781. The van der Waals surface area contributed by atoms with Crippen molar-refractivity contribution in [1.29, 1.82) is 0 Å². The van der Waals surface area contributed by atoms with Crippen molar-refractivity contribution in [3.05, 3.63) is 28.8 Å². The van der Waals surface area contributed by atoms with Gasteiger partial charge in [0, 0.05) is 17.5 Å². The maximum atomic E-state index is 12.2. The topological polar surface area (TPSA) is 87.0 Å². The molecule has 0 aliphatic carbocycles. The molecule has 1 rings (SSSR count). The van der Waals surface area contributed by atoms with Crippen molar-refractivity contribution in [2.75, 3.05) is 6.61 Å². The Hall–Kier alpha value is -1.00. The molecule has 0 saturated carbocycles. The second kappa shape index (κ2) is 19.1. The zero-order chi connectivity index (χ0) is 28.4. The van der Waals surface area contributed by atoms with E-state index in [1.807, 2.05) is 32.9 Å². The Kier molecular flexibility index (Phi) is 17.6. The summed E-state index contributed by atoms with van der Waals surface area (Å²) in [6, 6.07) is 3.70. The number of carbonyl (C=O) groups is 1. The largest absolute Gasteiger partial charge is 0.466 e. The van der Waals surface area contributed by atoms with E-state index in [-0.39, 0.29) is 16.7 Å². The molecule has 220 valence electrons. The van der Waals surface area contributed by atoms with Crippen LogP contribution in [0, 0.1) is 6.92 Å². The van der Waals surface area contributed by atoms with Crippen molar-refractivity contribution in [1.82, 2.24) is 0 Å². The highest BCUT2D eigenvalue weighted by atomic mass is 31.2. The third-order valence-corrected chi connectivity index (χ3v) is 8.54. The molecule has 0 aromatic heterocycles. The van der Waals surface area contributed by atoms with Crippen LogP contribution in [0.5, 0.6) is 0 Å². The van der Waals surface area contributed by atoms with Crippen LogP contribution in [-0.4, -0.2) is 27.3 Å². The Morgan fingerprint density at radius 2 is 1.21 bits per heavy atom. The molecule has 6 heteroatoms. The lowest BCUT2D eigenvalue weighted by Crippen LogP contribution is -2.27. The highest BCUT2D eigenvalue weighted by Crippen LogP contribution is 2.47. The maximum absolute atomic E-state index is 12.2. The lowest BCUT2D eigenvalue weighted by Gasteiger charge is -2.24. The van der Waals surface area contributed by atoms with Crippen LogP contribution >= 0.6 is 7.94 Å². The fourth-order valence-corrected chi connectivity index (χ4v) is 6.38. The number of aryl methyl sites for hydroxylation is 2. The summed E-state index contributed by atoms with van der Waals surface area (Å²) in [6.07, 6.45) is 22.0. The van der Waals surface area contributed by atoms with Crippen LogP contribution in [0.2, 0.25) is 0 Å². The molecule has 1 aromatic carbocycles. The molecule has 0 radical (unpaired) electrons. The maximum Gasteiger partial charge on any atom is 0.441 e. The van der Waals surface area contributed by atoms with Gasteiger partial charge in [0.1, 0.15) is 0 Å². The van der Waals surface area contributed by atoms with Crippen LogP contribution in [0.25, 0.3) is 0 Å². The highest BCUT2D eigenvalue weighted by Gasteiger charge is 2.41. The van der Waals surface area contributed by atoms with Gasteiger partial charge in [0.05, 0.1) is 6.61 Å². The number of benzene rings is 1. The van der Waals surface area contributed by atoms with Crippen LogP contribution in [0.1, 0.15) is 154 Å². The number of hydrogen-bond acceptors (Lipinski definition) is 5. The predicted octanol–water partition coefficient (Wildman–Crippen LogP) is 8.39. The third kappa shape index (κ3) is 15.6. The van der Waals surface area contributed by atoms with Crippen molar-refractivity contribution in [3.8, 4) is 0 Å². The molecule has 0 aliphatic heterocycles. The van der Waals surface area contributed by atoms with E-state index in [9.17, 15) is 19.5 Å². The summed E-state index contributed by atoms with van der Waals surface area (Å²) >= 11 is 0. The van der Waals surface area contributed by atoms with Crippen LogP contribution in [-0.2, 0) is 21.4 Å². The van der Waals surface area contributed by atoms with Crippen LogP contribution in [0.3, 0.4) is 0 Å². The molecule has 0 spiro atoms. The lowest BCUT2D eigenvalue weighted by atomic mass is 9.84. The van der Waals surface area contributed by atoms with Gasteiger partial charge in [-0.05, 0) is 30.7 Å². The Bertz CT molecular complexity index is 779. The quantitative estimate of drug-likeness (QED) is 0.0808. The molecule has 0 atom stereocenters. The van der Waals surface area contributed by atoms with Gasteiger partial charge < -0.3 is 4.74 Å². The van der Waals surface area contributed by atoms with Gasteiger partial charge in [-0.1, -0.05) is 136 Å². The van der Waals surface area contributed by atoms with Gasteiger partial charge in [0.25, 0.3) is 0 Å². The van der Waals surface area contributed by atoms with E-state index in [2.05, 4.69) is 6.92 Å². The number of esters is 1. The smallest absolute Gasteiger partial charge is 0.441 e. The monoisotopic (exact) mass is 553 g/mol. The number of carbonyl (C=O) groups excluding carboxylic acids is 1.